The normalized spacial score (nSPS) is 23.3. The second-order valence-electron chi connectivity index (χ2n) is 10.6. The predicted molar refractivity (Wildman–Crippen MR) is 145 cm³/mol. The average molecular weight is 510 g/mol. The van der Waals surface area contributed by atoms with Crippen LogP contribution in [0.25, 0.3) is 0 Å². The highest BCUT2D eigenvalue weighted by atomic mass is 32.2. The minimum atomic E-state index is -0.122. The number of carbonyl (C=O) groups excluding carboxylic acids is 1. The van der Waals surface area contributed by atoms with Crippen molar-refractivity contribution < 1.29 is 14.3 Å². The summed E-state index contributed by atoms with van der Waals surface area (Å²) in [5.41, 5.74) is 3.29. The lowest BCUT2D eigenvalue weighted by molar-refractivity contribution is 0.0457. The number of amides is 1. The van der Waals surface area contributed by atoms with E-state index in [0.29, 0.717) is 28.7 Å². The zero-order valence-corrected chi connectivity index (χ0v) is 21.7. The van der Waals surface area contributed by atoms with Gasteiger partial charge in [0.25, 0.3) is 5.91 Å². The third-order valence-corrected chi connectivity index (χ3v) is 8.82. The SMILES string of the molecule is C[C@@H]1CN(c2cccc(NC(=O)c3ccc(NSC4COC4)cc3N3CCC4(CC3)CC4)n2)CCO1. The Morgan fingerprint density at radius 1 is 1.08 bits per heavy atom. The van der Waals surface area contributed by atoms with Gasteiger partial charge < -0.3 is 29.3 Å². The minimum Gasteiger partial charge on any atom is -0.379 e. The molecule has 6 rings (SSSR count). The van der Waals surface area contributed by atoms with Gasteiger partial charge in [0.1, 0.15) is 11.6 Å². The number of ether oxygens (including phenoxy) is 2. The summed E-state index contributed by atoms with van der Waals surface area (Å²) in [5, 5.41) is 3.55. The van der Waals surface area contributed by atoms with Crippen molar-refractivity contribution in [3.8, 4) is 0 Å². The summed E-state index contributed by atoms with van der Waals surface area (Å²) in [5.74, 6) is 1.31. The number of pyridine rings is 1. The average Bonchev–Trinajstić information content (AvgIpc) is 3.62. The van der Waals surface area contributed by atoms with Gasteiger partial charge in [-0.2, -0.15) is 0 Å². The van der Waals surface area contributed by atoms with E-state index in [-0.39, 0.29) is 12.0 Å². The standard InChI is InChI=1S/C27H35N5O3S/c1-19-16-32(13-14-35-19)25-4-2-3-24(28-25)29-26(33)22-6-5-20(30-36-21-17-34-18-21)15-23(22)31-11-9-27(7-8-27)10-12-31/h2-6,15,19,21,30H,7-14,16-18H2,1H3,(H,28,29,33)/t19-/m1/s1. The number of carbonyl (C=O) groups is 1. The van der Waals surface area contributed by atoms with E-state index in [9.17, 15) is 4.79 Å². The molecule has 1 aromatic carbocycles. The monoisotopic (exact) mass is 509 g/mol. The van der Waals surface area contributed by atoms with Gasteiger partial charge in [0, 0.05) is 31.9 Å². The lowest BCUT2D eigenvalue weighted by Gasteiger charge is -2.35. The number of hydrogen-bond donors (Lipinski definition) is 2. The van der Waals surface area contributed by atoms with E-state index >= 15 is 0 Å². The molecule has 3 aliphatic heterocycles. The van der Waals surface area contributed by atoms with Crippen LogP contribution in [0.4, 0.5) is 23.0 Å². The van der Waals surface area contributed by atoms with Crippen molar-refractivity contribution in [2.75, 3.05) is 65.8 Å². The Bertz CT molecular complexity index is 1100. The van der Waals surface area contributed by atoms with Gasteiger partial charge in [-0.1, -0.05) is 6.07 Å². The molecule has 1 aromatic heterocycles. The highest BCUT2D eigenvalue weighted by Crippen LogP contribution is 2.54. The minimum absolute atomic E-state index is 0.122. The van der Waals surface area contributed by atoms with Crippen LogP contribution in [0.1, 0.15) is 43.0 Å². The molecule has 1 spiro atoms. The highest BCUT2D eigenvalue weighted by Gasteiger charge is 2.44. The van der Waals surface area contributed by atoms with Crippen molar-refractivity contribution in [3.05, 3.63) is 42.0 Å². The van der Waals surface area contributed by atoms with Crippen LogP contribution in [-0.2, 0) is 9.47 Å². The molecule has 0 bridgehead atoms. The third kappa shape index (κ3) is 5.28. The summed E-state index contributed by atoms with van der Waals surface area (Å²) < 4.78 is 14.4. The third-order valence-electron chi connectivity index (χ3n) is 7.86. The summed E-state index contributed by atoms with van der Waals surface area (Å²) in [6.07, 6.45) is 5.31. The largest absolute Gasteiger partial charge is 0.379 e. The van der Waals surface area contributed by atoms with Gasteiger partial charge in [-0.25, -0.2) is 4.98 Å². The Kier molecular flexibility index (Phi) is 6.71. The van der Waals surface area contributed by atoms with Gasteiger partial charge >= 0.3 is 0 Å². The number of morpholine rings is 1. The van der Waals surface area contributed by atoms with Gasteiger partial charge in [0.2, 0.25) is 0 Å². The molecule has 1 atom stereocenters. The van der Waals surface area contributed by atoms with Crippen molar-refractivity contribution >= 4 is 40.9 Å². The van der Waals surface area contributed by atoms with Gasteiger partial charge in [0.15, 0.2) is 0 Å². The van der Waals surface area contributed by atoms with Crippen LogP contribution in [0.5, 0.6) is 0 Å². The topological polar surface area (TPSA) is 79.0 Å². The molecule has 9 heteroatoms. The van der Waals surface area contributed by atoms with Crippen LogP contribution >= 0.6 is 11.9 Å². The first-order valence-corrected chi connectivity index (χ1v) is 14.0. The van der Waals surface area contributed by atoms with Crippen molar-refractivity contribution in [2.45, 2.75) is 44.0 Å². The second kappa shape index (κ2) is 10.1. The number of aromatic nitrogens is 1. The summed E-state index contributed by atoms with van der Waals surface area (Å²) in [6.45, 7) is 7.92. The van der Waals surface area contributed by atoms with Crippen LogP contribution in [0.3, 0.4) is 0 Å². The van der Waals surface area contributed by atoms with E-state index < -0.39 is 0 Å². The van der Waals surface area contributed by atoms with Crippen molar-refractivity contribution in [1.29, 1.82) is 0 Å². The van der Waals surface area contributed by atoms with E-state index in [1.165, 1.54) is 25.7 Å². The fourth-order valence-electron chi connectivity index (χ4n) is 5.26. The van der Waals surface area contributed by atoms with Gasteiger partial charge in [0.05, 0.1) is 42.4 Å². The Labute approximate surface area is 217 Å². The molecule has 8 nitrogen and oxygen atoms in total. The maximum atomic E-state index is 13.5. The number of nitrogens with one attached hydrogen (secondary N) is 2. The van der Waals surface area contributed by atoms with Gasteiger partial charge in [-0.3, -0.25) is 4.79 Å². The number of benzene rings is 1. The summed E-state index contributed by atoms with van der Waals surface area (Å²) in [7, 11) is 0. The first-order chi connectivity index (χ1) is 17.6. The molecule has 1 saturated carbocycles. The van der Waals surface area contributed by atoms with Crippen molar-refractivity contribution in [3.63, 3.8) is 0 Å². The van der Waals surface area contributed by atoms with E-state index in [0.717, 1.165) is 56.6 Å². The molecule has 1 aliphatic carbocycles. The zero-order valence-electron chi connectivity index (χ0n) is 20.9. The first kappa shape index (κ1) is 23.9. The van der Waals surface area contributed by atoms with E-state index in [1.807, 2.05) is 30.3 Å². The fraction of sp³-hybridized carbons (Fsp3) is 0.556. The Morgan fingerprint density at radius 2 is 1.92 bits per heavy atom. The zero-order chi connectivity index (χ0) is 24.5. The molecule has 0 unspecified atom stereocenters. The quantitative estimate of drug-likeness (QED) is 0.532. The summed E-state index contributed by atoms with van der Waals surface area (Å²) in [6, 6.07) is 11.9. The molecule has 4 heterocycles. The molecular weight excluding hydrogens is 474 g/mol. The number of hydrogen-bond acceptors (Lipinski definition) is 8. The Morgan fingerprint density at radius 3 is 2.64 bits per heavy atom. The van der Waals surface area contributed by atoms with E-state index in [1.54, 1.807) is 11.9 Å². The molecule has 2 aromatic rings. The van der Waals surface area contributed by atoms with Crippen LogP contribution in [0, 0.1) is 5.41 Å². The molecule has 4 aliphatic rings. The number of nitrogens with zero attached hydrogens (tertiary/aromatic N) is 3. The first-order valence-electron chi connectivity index (χ1n) is 13.1. The van der Waals surface area contributed by atoms with Crippen molar-refractivity contribution in [2.24, 2.45) is 5.41 Å². The lowest BCUT2D eigenvalue weighted by atomic mass is 9.93. The maximum absolute atomic E-state index is 13.5. The maximum Gasteiger partial charge on any atom is 0.258 e. The molecule has 0 radical (unpaired) electrons. The number of anilines is 4. The second-order valence-corrected chi connectivity index (χ2v) is 11.7. The van der Waals surface area contributed by atoms with Crippen LogP contribution in [0.2, 0.25) is 0 Å². The highest BCUT2D eigenvalue weighted by molar-refractivity contribution is 8.01. The Hall–Kier alpha value is -2.49. The molecule has 2 N–H and O–H groups in total. The molecule has 36 heavy (non-hydrogen) atoms. The molecule has 192 valence electrons. The van der Waals surface area contributed by atoms with Gasteiger partial charge in [-0.05, 0) is 80.3 Å². The summed E-state index contributed by atoms with van der Waals surface area (Å²) >= 11 is 1.70. The van der Waals surface area contributed by atoms with E-state index in [4.69, 9.17) is 14.5 Å². The lowest BCUT2D eigenvalue weighted by Crippen LogP contribution is -2.41. The van der Waals surface area contributed by atoms with Crippen molar-refractivity contribution in [1.82, 2.24) is 4.98 Å². The van der Waals surface area contributed by atoms with Crippen LogP contribution in [-0.4, -0.2) is 68.2 Å². The summed E-state index contributed by atoms with van der Waals surface area (Å²) in [4.78, 5) is 22.9. The molecule has 3 saturated heterocycles. The van der Waals surface area contributed by atoms with Crippen LogP contribution < -0.4 is 19.8 Å². The molecule has 4 fully saturated rings. The Balaban J connectivity index is 1.20. The molecular formula is C27H35N5O3S. The smallest absolute Gasteiger partial charge is 0.258 e. The molecule has 1 amide bonds. The predicted octanol–water partition coefficient (Wildman–Crippen LogP) is 4.40. The fourth-order valence-corrected chi connectivity index (χ4v) is 6.02. The van der Waals surface area contributed by atoms with E-state index in [2.05, 4.69) is 32.8 Å². The van der Waals surface area contributed by atoms with Gasteiger partial charge in [-0.15, -0.1) is 0 Å². The number of rotatable bonds is 7. The number of piperidine rings is 1. The van der Waals surface area contributed by atoms with Crippen LogP contribution in [0.15, 0.2) is 36.4 Å².